The van der Waals surface area contributed by atoms with Crippen molar-refractivity contribution in [3.05, 3.63) is 88.6 Å². The van der Waals surface area contributed by atoms with Gasteiger partial charge in [-0.05, 0) is 55.1 Å². The smallest absolute Gasteiger partial charge is 0.267 e. The second kappa shape index (κ2) is 8.73. The van der Waals surface area contributed by atoms with Crippen molar-refractivity contribution in [3.8, 4) is 11.3 Å². The maximum atomic E-state index is 12.9. The Labute approximate surface area is 183 Å². The summed E-state index contributed by atoms with van der Waals surface area (Å²) in [5.41, 5.74) is 1.66. The Morgan fingerprint density at radius 1 is 1.20 bits per heavy atom. The molecule has 0 aliphatic carbocycles. The topological polar surface area (TPSA) is 58.7 Å². The summed E-state index contributed by atoms with van der Waals surface area (Å²) in [6.07, 6.45) is 3.39. The molecule has 0 atom stereocenters. The monoisotopic (exact) mass is 435 g/mol. The zero-order chi connectivity index (χ0) is 21.1. The van der Waals surface area contributed by atoms with Gasteiger partial charge in [-0.3, -0.25) is 9.69 Å². The fourth-order valence-electron chi connectivity index (χ4n) is 2.94. The van der Waals surface area contributed by atoms with E-state index in [9.17, 15) is 4.79 Å². The molecule has 1 amide bonds. The Kier molecular flexibility index (Phi) is 5.88. The average Bonchev–Trinajstić information content (AvgIpc) is 3.29. The molecule has 0 unspecified atom stereocenters. The van der Waals surface area contributed by atoms with Crippen LogP contribution in [0.2, 0.25) is 5.02 Å². The van der Waals surface area contributed by atoms with Crippen LogP contribution < -0.4 is 0 Å². The summed E-state index contributed by atoms with van der Waals surface area (Å²) in [6, 6.07) is 16.7. The molecule has 3 heterocycles. The molecule has 30 heavy (non-hydrogen) atoms. The first-order chi connectivity index (χ1) is 14.5. The third kappa shape index (κ3) is 4.25. The van der Waals surface area contributed by atoms with Gasteiger partial charge >= 0.3 is 0 Å². The first-order valence-electron chi connectivity index (χ1n) is 9.24. The van der Waals surface area contributed by atoms with Crippen LogP contribution in [-0.2, 0) is 4.79 Å². The lowest BCUT2D eigenvalue weighted by molar-refractivity contribution is -0.121. The molecule has 7 heteroatoms. The van der Waals surface area contributed by atoms with E-state index in [-0.39, 0.29) is 5.91 Å². The number of aliphatic imine (C=N–C) groups is 1. The van der Waals surface area contributed by atoms with Crippen molar-refractivity contribution in [2.75, 3.05) is 6.54 Å². The standard InChI is InChI=1S/C23H18ClN3O2S/c1-3-13-27-22(28)20(30-23(27)26-21-10-6-7-15(2)25-21)14-16-11-12-19(29-16)17-8-4-5-9-18(17)24/h3-12,14H,1,13H2,2H3/b20-14+,26-23+. The van der Waals surface area contributed by atoms with Crippen molar-refractivity contribution in [1.82, 2.24) is 9.88 Å². The Morgan fingerprint density at radius 3 is 2.80 bits per heavy atom. The van der Waals surface area contributed by atoms with Gasteiger partial charge < -0.3 is 4.42 Å². The molecule has 0 radical (unpaired) electrons. The summed E-state index contributed by atoms with van der Waals surface area (Å²) >= 11 is 7.54. The molecule has 1 saturated heterocycles. The van der Waals surface area contributed by atoms with Crippen molar-refractivity contribution < 1.29 is 9.21 Å². The van der Waals surface area contributed by atoms with Gasteiger partial charge in [0.05, 0.1) is 9.93 Å². The minimum Gasteiger partial charge on any atom is -0.457 e. The lowest BCUT2D eigenvalue weighted by Gasteiger charge is -2.12. The van der Waals surface area contributed by atoms with Crippen LogP contribution in [0.15, 0.2) is 81.6 Å². The first-order valence-corrected chi connectivity index (χ1v) is 10.4. The molecule has 1 fully saturated rings. The summed E-state index contributed by atoms with van der Waals surface area (Å²) in [6.45, 7) is 6.00. The zero-order valence-electron chi connectivity index (χ0n) is 16.2. The number of rotatable bonds is 5. The summed E-state index contributed by atoms with van der Waals surface area (Å²) in [5.74, 6) is 1.61. The van der Waals surface area contributed by atoms with E-state index in [1.165, 1.54) is 11.8 Å². The molecule has 150 valence electrons. The molecule has 0 saturated carbocycles. The van der Waals surface area contributed by atoms with Crippen LogP contribution in [-0.4, -0.2) is 27.5 Å². The fraction of sp³-hybridized carbons (Fsp3) is 0.0870. The Balaban J connectivity index is 1.65. The quantitative estimate of drug-likeness (QED) is 0.359. The number of amides is 1. The molecule has 5 nitrogen and oxygen atoms in total. The fourth-order valence-corrected chi connectivity index (χ4v) is 4.14. The van der Waals surface area contributed by atoms with Gasteiger partial charge in [-0.1, -0.05) is 35.9 Å². The molecule has 1 aromatic carbocycles. The largest absolute Gasteiger partial charge is 0.457 e. The number of hydrogen-bond acceptors (Lipinski definition) is 5. The van der Waals surface area contributed by atoms with Crippen LogP contribution in [0.3, 0.4) is 0 Å². The summed E-state index contributed by atoms with van der Waals surface area (Å²) in [4.78, 5) is 24.0. The summed E-state index contributed by atoms with van der Waals surface area (Å²) in [7, 11) is 0. The van der Waals surface area contributed by atoms with E-state index >= 15 is 0 Å². The second-order valence-corrected chi connectivity index (χ2v) is 7.94. The van der Waals surface area contributed by atoms with Crippen molar-refractivity contribution in [1.29, 1.82) is 0 Å². The molecular weight excluding hydrogens is 418 g/mol. The van der Waals surface area contributed by atoms with E-state index in [0.29, 0.717) is 39.0 Å². The van der Waals surface area contributed by atoms with Crippen LogP contribution in [0.4, 0.5) is 5.82 Å². The van der Waals surface area contributed by atoms with Gasteiger partial charge in [0.15, 0.2) is 11.0 Å². The van der Waals surface area contributed by atoms with Crippen LogP contribution in [0.5, 0.6) is 0 Å². The lowest BCUT2D eigenvalue weighted by Crippen LogP contribution is -2.29. The van der Waals surface area contributed by atoms with Gasteiger partial charge in [-0.15, -0.1) is 6.58 Å². The molecule has 3 aromatic rings. The summed E-state index contributed by atoms with van der Waals surface area (Å²) < 4.78 is 5.91. The number of hydrogen-bond donors (Lipinski definition) is 0. The predicted molar refractivity (Wildman–Crippen MR) is 123 cm³/mol. The normalized spacial score (nSPS) is 16.6. The number of carbonyl (C=O) groups excluding carboxylic acids is 1. The van der Waals surface area contributed by atoms with Crippen LogP contribution in [0.25, 0.3) is 17.4 Å². The van der Waals surface area contributed by atoms with E-state index in [4.69, 9.17) is 16.0 Å². The third-order valence-corrected chi connectivity index (χ3v) is 5.66. The van der Waals surface area contributed by atoms with Crippen molar-refractivity contribution in [2.45, 2.75) is 6.92 Å². The molecule has 0 N–H and O–H groups in total. The van der Waals surface area contributed by atoms with Gasteiger partial charge in [0.1, 0.15) is 11.5 Å². The van der Waals surface area contributed by atoms with E-state index in [1.54, 1.807) is 23.1 Å². The third-order valence-electron chi connectivity index (χ3n) is 4.32. The minimum absolute atomic E-state index is 0.151. The maximum absolute atomic E-state index is 12.9. The van der Waals surface area contributed by atoms with Crippen molar-refractivity contribution >= 4 is 46.3 Å². The predicted octanol–water partition coefficient (Wildman–Crippen LogP) is 6.09. The molecule has 1 aliphatic rings. The van der Waals surface area contributed by atoms with Gasteiger partial charge in [0.25, 0.3) is 5.91 Å². The number of aromatic nitrogens is 1. The minimum atomic E-state index is -0.151. The van der Waals surface area contributed by atoms with Gasteiger partial charge in [-0.25, -0.2) is 9.98 Å². The highest BCUT2D eigenvalue weighted by molar-refractivity contribution is 8.18. The SMILES string of the molecule is C=CCN1C(=O)/C(=C\c2ccc(-c3ccccc3Cl)o2)S/C1=N/c1cccc(C)n1. The number of thioether (sulfide) groups is 1. The number of halogens is 1. The Morgan fingerprint density at radius 2 is 2.03 bits per heavy atom. The number of furan rings is 1. The molecule has 0 spiro atoms. The van der Waals surface area contributed by atoms with E-state index in [0.717, 1.165) is 11.3 Å². The zero-order valence-corrected chi connectivity index (χ0v) is 17.8. The Hall–Kier alpha value is -3.09. The molecular formula is C23H18ClN3O2S. The van der Waals surface area contributed by atoms with E-state index in [1.807, 2.05) is 55.5 Å². The second-order valence-electron chi connectivity index (χ2n) is 6.53. The molecule has 4 rings (SSSR count). The van der Waals surface area contributed by atoms with Gasteiger partial charge in [-0.2, -0.15) is 0 Å². The highest BCUT2D eigenvalue weighted by Gasteiger charge is 2.33. The first kappa shape index (κ1) is 20.2. The van der Waals surface area contributed by atoms with E-state index in [2.05, 4.69) is 16.6 Å². The highest BCUT2D eigenvalue weighted by Crippen LogP contribution is 2.35. The molecule has 1 aliphatic heterocycles. The number of aryl methyl sites for hydroxylation is 1. The molecule has 2 aromatic heterocycles. The van der Waals surface area contributed by atoms with Gasteiger partial charge in [0, 0.05) is 23.9 Å². The van der Waals surface area contributed by atoms with Gasteiger partial charge in [0.2, 0.25) is 0 Å². The van der Waals surface area contributed by atoms with Crippen LogP contribution >= 0.6 is 23.4 Å². The maximum Gasteiger partial charge on any atom is 0.267 e. The Bertz CT molecular complexity index is 1180. The lowest BCUT2D eigenvalue weighted by atomic mass is 10.2. The van der Waals surface area contributed by atoms with Crippen LogP contribution in [0, 0.1) is 6.92 Å². The molecule has 0 bridgehead atoms. The van der Waals surface area contributed by atoms with Crippen molar-refractivity contribution in [3.63, 3.8) is 0 Å². The van der Waals surface area contributed by atoms with Crippen molar-refractivity contribution in [2.24, 2.45) is 4.99 Å². The average molecular weight is 436 g/mol. The number of carbonyl (C=O) groups is 1. The number of nitrogens with zero attached hydrogens (tertiary/aromatic N) is 3. The van der Waals surface area contributed by atoms with Crippen LogP contribution in [0.1, 0.15) is 11.5 Å². The summed E-state index contributed by atoms with van der Waals surface area (Å²) in [5, 5.41) is 1.16. The number of amidine groups is 1. The number of benzene rings is 1. The van der Waals surface area contributed by atoms with E-state index < -0.39 is 0 Å². The number of pyridine rings is 1. The highest BCUT2D eigenvalue weighted by atomic mass is 35.5.